The van der Waals surface area contributed by atoms with Gasteiger partial charge in [-0.3, -0.25) is 4.98 Å². The Hall–Kier alpha value is -1.83. The number of hydrogen-bond donors (Lipinski definition) is 0. The average Bonchev–Trinajstić information content (AvgIpc) is 2.59. The molecule has 0 spiro atoms. The molecule has 1 aromatic carbocycles. The molecule has 2 heteroatoms. The summed E-state index contributed by atoms with van der Waals surface area (Å²) in [6, 6.07) is 8.46. The predicted molar refractivity (Wildman–Crippen MR) is 67.7 cm³/mol. The second-order valence-electron chi connectivity index (χ2n) is 4.33. The number of fused-ring (bicyclic) bond motifs is 3. The van der Waals surface area contributed by atoms with E-state index in [0.717, 1.165) is 5.52 Å². The molecule has 0 saturated heterocycles. The lowest BCUT2D eigenvalue weighted by atomic mass is 10.1. The molecule has 0 aliphatic carbocycles. The van der Waals surface area contributed by atoms with Crippen LogP contribution in [0.1, 0.15) is 11.1 Å². The van der Waals surface area contributed by atoms with Crippen molar-refractivity contribution in [2.75, 3.05) is 0 Å². The van der Waals surface area contributed by atoms with E-state index in [1.807, 2.05) is 12.3 Å². The SMILES string of the molecule is Cc1ccc2c3ncccc3n(C)c2c1C. The van der Waals surface area contributed by atoms with Crippen LogP contribution >= 0.6 is 0 Å². The molecule has 0 unspecified atom stereocenters. The minimum Gasteiger partial charge on any atom is -0.342 e. The van der Waals surface area contributed by atoms with Gasteiger partial charge in [-0.2, -0.15) is 0 Å². The third kappa shape index (κ3) is 1.04. The van der Waals surface area contributed by atoms with Gasteiger partial charge in [-0.25, -0.2) is 0 Å². The molecule has 0 atom stereocenters. The lowest BCUT2D eigenvalue weighted by Gasteiger charge is -2.04. The molecule has 0 amide bonds. The van der Waals surface area contributed by atoms with E-state index < -0.39 is 0 Å². The van der Waals surface area contributed by atoms with E-state index in [9.17, 15) is 0 Å². The maximum absolute atomic E-state index is 4.48. The van der Waals surface area contributed by atoms with Crippen LogP contribution in [0.3, 0.4) is 0 Å². The Bertz CT molecular complexity index is 693. The Kier molecular flexibility index (Phi) is 1.81. The Morgan fingerprint density at radius 2 is 1.94 bits per heavy atom. The lowest BCUT2D eigenvalue weighted by Crippen LogP contribution is -1.90. The van der Waals surface area contributed by atoms with Crippen molar-refractivity contribution < 1.29 is 0 Å². The van der Waals surface area contributed by atoms with Gasteiger partial charge in [0.15, 0.2) is 0 Å². The third-order valence-corrected chi connectivity index (χ3v) is 3.44. The first-order valence-corrected chi connectivity index (χ1v) is 5.49. The van der Waals surface area contributed by atoms with Gasteiger partial charge >= 0.3 is 0 Å². The second-order valence-corrected chi connectivity index (χ2v) is 4.33. The lowest BCUT2D eigenvalue weighted by molar-refractivity contribution is 1.00. The van der Waals surface area contributed by atoms with Crippen LogP contribution in [-0.2, 0) is 7.05 Å². The van der Waals surface area contributed by atoms with Gasteiger partial charge in [0.2, 0.25) is 0 Å². The number of aryl methyl sites for hydroxylation is 3. The van der Waals surface area contributed by atoms with Crippen molar-refractivity contribution >= 4 is 21.9 Å². The maximum Gasteiger partial charge on any atom is 0.0959 e. The minimum atomic E-state index is 1.10. The summed E-state index contributed by atoms with van der Waals surface area (Å²) in [6.45, 7) is 4.33. The average molecular weight is 210 g/mol. The van der Waals surface area contributed by atoms with Crippen LogP contribution in [0.4, 0.5) is 0 Å². The molecule has 0 aliphatic rings. The molecule has 0 aliphatic heterocycles. The Morgan fingerprint density at radius 3 is 2.75 bits per heavy atom. The monoisotopic (exact) mass is 210 g/mol. The van der Waals surface area contributed by atoms with E-state index in [2.05, 4.69) is 48.6 Å². The smallest absolute Gasteiger partial charge is 0.0959 e. The van der Waals surface area contributed by atoms with Crippen molar-refractivity contribution in [1.29, 1.82) is 0 Å². The molecule has 2 nitrogen and oxygen atoms in total. The molecule has 16 heavy (non-hydrogen) atoms. The van der Waals surface area contributed by atoms with Crippen molar-refractivity contribution in [3.8, 4) is 0 Å². The van der Waals surface area contributed by atoms with Gasteiger partial charge in [-0.05, 0) is 37.1 Å². The summed E-state index contributed by atoms with van der Waals surface area (Å²) >= 11 is 0. The molecule has 3 rings (SSSR count). The number of pyridine rings is 1. The summed E-state index contributed by atoms with van der Waals surface area (Å²) in [7, 11) is 2.11. The first-order valence-electron chi connectivity index (χ1n) is 5.49. The number of rotatable bonds is 0. The second kappa shape index (κ2) is 3.08. The molecule has 0 saturated carbocycles. The molecular formula is C14H14N2. The van der Waals surface area contributed by atoms with Crippen molar-refractivity contribution in [3.05, 3.63) is 41.6 Å². The van der Waals surface area contributed by atoms with Gasteiger partial charge in [-0.1, -0.05) is 12.1 Å². The fourth-order valence-electron chi connectivity index (χ4n) is 2.42. The molecule has 80 valence electrons. The quantitative estimate of drug-likeness (QED) is 0.556. The van der Waals surface area contributed by atoms with Crippen LogP contribution in [0.5, 0.6) is 0 Å². The number of nitrogens with zero attached hydrogens (tertiary/aromatic N) is 2. The van der Waals surface area contributed by atoms with E-state index in [1.54, 1.807) is 0 Å². The van der Waals surface area contributed by atoms with Crippen LogP contribution in [-0.4, -0.2) is 9.55 Å². The summed E-state index contributed by atoms with van der Waals surface area (Å²) < 4.78 is 2.24. The highest BCUT2D eigenvalue weighted by Crippen LogP contribution is 2.29. The van der Waals surface area contributed by atoms with Gasteiger partial charge < -0.3 is 4.57 Å². The first kappa shape index (κ1) is 9.40. The van der Waals surface area contributed by atoms with Crippen molar-refractivity contribution in [2.45, 2.75) is 13.8 Å². The molecule has 0 N–H and O–H groups in total. The number of hydrogen-bond acceptors (Lipinski definition) is 1. The Labute approximate surface area is 94.5 Å². The minimum absolute atomic E-state index is 1.10. The molecule has 0 fully saturated rings. The maximum atomic E-state index is 4.48. The molecular weight excluding hydrogens is 196 g/mol. The summed E-state index contributed by atoms with van der Waals surface area (Å²) in [5.74, 6) is 0. The van der Waals surface area contributed by atoms with Crippen LogP contribution in [0, 0.1) is 13.8 Å². The largest absolute Gasteiger partial charge is 0.342 e. The Balaban J connectivity index is 2.67. The fourth-order valence-corrected chi connectivity index (χ4v) is 2.42. The summed E-state index contributed by atoms with van der Waals surface area (Å²) in [6.07, 6.45) is 1.86. The first-order chi connectivity index (χ1) is 7.70. The zero-order valence-corrected chi connectivity index (χ0v) is 9.78. The van der Waals surface area contributed by atoms with Gasteiger partial charge in [0.05, 0.1) is 16.6 Å². The van der Waals surface area contributed by atoms with Crippen molar-refractivity contribution in [1.82, 2.24) is 9.55 Å². The number of aromatic nitrogens is 2. The highest BCUT2D eigenvalue weighted by atomic mass is 15.0. The van der Waals surface area contributed by atoms with Crippen LogP contribution in [0.25, 0.3) is 21.9 Å². The fraction of sp³-hybridized carbons (Fsp3) is 0.214. The van der Waals surface area contributed by atoms with Gasteiger partial charge in [0.1, 0.15) is 0 Å². The van der Waals surface area contributed by atoms with E-state index >= 15 is 0 Å². The summed E-state index contributed by atoms with van der Waals surface area (Å²) in [4.78, 5) is 4.48. The van der Waals surface area contributed by atoms with Gasteiger partial charge in [0.25, 0.3) is 0 Å². The molecule has 3 aromatic rings. The van der Waals surface area contributed by atoms with Crippen LogP contribution in [0.15, 0.2) is 30.5 Å². The molecule has 0 bridgehead atoms. The molecule has 2 heterocycles. The third-order valence-electron chi connectivity index (χ3n) is 3.44. The van der Waals surface area contributed by atoms with Gasteiger partial charge in [-0.15, -0.1) is 0 Å². The summed E-state index contributed by atoms with van der Waals surface area (Å²) in [5.41, 5.74) is 6.28. The van der Waals surface area contributed by atoms with Crippen LogP contribution < -0.4 is 0 Å². The van der Waals surface area contributed by atoms with Crippen LogP contribution in [0.2, 0.25) is 0 Å². The Morgan fingerprint density at radius 1 is 1.12 bits per heavy atom. The standard InChI is InChI=1S/C14H14N2/c1-9-6-7-11-13-12(5-4-8-15-13)16(3)14(11)10(9)2/h4-8H,1-3H3. The molecule has 0 radical (unpaired) electrons. The normalized spacial score (nSPS) is 11.4. The summed E-state index contributed by atoms with van der Waals surface area (Å²) in [5, 5.41) is 1.25. The van der Waals surface area contributed by atoms with E-state index in [4.69, 9.17) is 0 Å². The highest BCUT2D eigenvalue weighted by molar-refractivity contribution is 6.06. The van der Waals surface area contributed by atoms with E-state index in [1.165, 1.54) is 27.5 Å². The number of benzene rings is 1. The molecule has 2 aromatic heterocycles. The zero-order valence-electron chi connectivity index (χ0n) is 9.78. The topological polar surface area (TPSA) is 17.8 Å². The van der Waals surface area contributed by atoms with Gasteiger partial charge in [0, 0.05) is 18.6 Å². The van der Waals surface area contributed by atoms with Crippen molar-refractivity contribution in [3.63, 3.8) is 0 Å². The predicted octanol–water partition coefficient (Wildman–Crippen LogP) is 3.34. The highest BCUT2D eigenvalue weighted by Gasteiger charge is 2.11. The van der Waals surface area contributed by atoms with Crippen molar-refractivity contribution in [2.24, 2.45) is 7.05 Å². The zero-order chi connectivity index (χ0) is 11.3. The van der Waals surface area contributed by atoms with E-state index in [0.29, 0.717) is 0 Å². The van der Waals surface area contributed by atoms with E-state index in [-0.39, 0.29) is 0 Å².